The molecule has 0 amide bonds. The first-order chi connectivity index (χ1) is 41.1. The number of nitrogens with zero attached hydrogens (tertiary/aromatic N) is 10. The number of piperazine rings is 2. The number of pyridine rings is 2. The number of anilines is 6. The van der Waals surface area contributed by atoms with Crippen LogP contribution in [-0.4, -0.2) is 105 Å². The minimum atomic E-state index is -0.152. The summed E-state index contributed by atoms with van der Waals surface area (Å²) in [5.41, 5.74) is 13.5. The Morgan fingerprint density at radius 2 is 1.10 bits per heavy atom. The van der Waals surface area contributed by atoms with E-state index in [0.29, 0.717) is 58.0 Å². The van der Waals surface area contributed by atoms with E-state index in [1.54, 1.807) is 32.9 Å². The first-order valence-electron chi connectivity index (χ1n) is 29.0. The highest BCUT2D eigenvalue weighted by molar-refractivity contribution is 7.08. The van der Waals surface area contributed by atoms with Gasteiger partial charge in [-0.2, -0.15) is 21.3 Å². The molecule has 2 aliphatic rings. The van der Waals surface area contributed by atoms with Crippen LogP contribution < -0.4 is 31.6 Å². The molecule has 0 saturated carbocycles. The van der Waals surface area contributed by atoms with Gasteiger partial charge in [0.2, 0.25) is 11.9 Å². The van der Waals surface area contributed by atoms with E-state index in [9.17, 15) is 9.59 Å². The second-order valence-electron chi connectivity index (χ2n) is 21.8. The Morgan fingerprint density at radius 3 is 1.69 bits per heavy atom. The lowest BCUT2D eigenvalue weighted by Crippen LogP contribution is -2.46. The van der Waals surface area contributed by atoms with E-state index in [1.807, 2.05) is 62.4 Å². The van der Waals surface area contributed by atoms with Gasteiger partial charge in [-0.1, -0.05) is 84.4 Å². The smallest absolute Gasteiger partial charge is 0.260 e. The summed E-state index contributed by atoms with van der Waals surface area (Å²) in [5.74, 6) is 0.874. The van der Waals surface area contributed by atoms with Crippen LogP contribution in [0.4, 0.5) is 34.6 Å². The number of fused-ring (bicyclic) bond motifs is 3. The van der Waals surface area contributed by atoms with Crippen molar-refractivity contribution in [1.29, 1.82) is 0 Å². The Morgan fingerprint density at radius 1 is 0.536 bits per heavy atom. The van der Waals surface area contributed by atoms with Crippen molar-refractivity contribution in [3.05, 3.63) is 200 Å². The molecule has 422 valence electrons. The summed E-state index contributed by atoms with van der Waals surface area (Å²) in [7, 11) is 2.16. The van der Waals surface area contributed by atoms with Gasteiger partial charge in [-0.3, -0.25) is 23.6 Å². The fraction of sp³-hybridized carbons (Fsp3) is 0.235. The molecule has 0 radical (unpaired) electrons. The molecule has 2 saturated heterocycles. The summed E-state index contributed by atoms with van der Waals surface area (Å²) >= 11 is 8.82. The quantitative estimate of drug-likeness (QED) is 0.0954. The van der Waals surface area contributed by atoms with Crippen LogP contribution in [0.25, 0.3) is 77.3 Å². The number of thiophene rings is 1. The van der Waals surface area contributed by atoms with Crippen molar-refractivity contribution in [1.82, 2.24) is 38.9 Å². The maximum absolute atomic E-state index is 14.2. The molecule has 5 aromatic heterocycles. The Hall–Kier alpha value is -8.73. The summed E-state index contributed by atoms with van der Waals surface area (Å²) in [6.07, 6.45) is 5.59. The van der Waals surface area contributed by atoms with E-state index in [-0.39, 0.29) is 11.1 Å². The van der Waals surface area contributed by atoms with E-state index < -0.39 is 0 Å². The van der Waals surface area contributed by atoms with E-state index in [4.69, 9.17) is 21.6 Å². The summed E-state index contributed by atoms with van der Waals surface area (Å²) < 4.78 is 3.43. The van der Waals surface area contributed by atoms with Gasteiger partial charge in [0.25, 0.3) is 11.1 Å². The van der Waals surface area contributed by atoms with Gasteiger partial charge in [0.15, 0.2) is 0 Å². The molecule has 16 heteroatoms. The zero-order chi connectivity index (χ0) is 57.3. The molecular weight excluding hydrogens is 1080 g/mol. The molecule has 13 rings (SSSR count). The van der Waals surface area contributed by atoms with Crippen molar-refractivity contribution < 1.29 is 0 Å². The van der Waals surface area contributed by atoms with Gasteiger partial charge >= 0.3 is 0 Å². The number of likely N-dealkylation sites (N-methyl/N-ethyl adjacent to an activating group) is 1. The number of hydrogen-bond donors (Lipinski definition) is 2. The Bertz CT molecular complexity index is 4310. The first-order valence-corrected chi connectivity index (χ1v) is 30.4. The summed E-state index contributed by atoms with van der Waals surface area (Å²) in [6.45, 7) is 13.9. The van der Waals surface area contributed by atoms with E-state index in [0.717, 1.165) is 116 Å². The summed E-state index contributed by atoms with van der Waals surface area (Å²) in [4.78, 5) is 56.8. The molecule has 0 aliphatic carbocycles. The van der Waals surface area contributed by atoms with Crippen molar-refractivity contribution in [2.75, 3.05) is 86.4 Å². The summed E-state index contributed by atoms with van der Waals surface area (Å²) in [5, 5.41) is 15.4. The van der Waals surface area contributed by atoms with E-state index in [2.05, 4.69) is 155 Å². The van der Waals surface area contributed by atoms with Crippen LogP contribution in [0.2, 0.25) is 5.02 Å². The third-order valence-electron chi connectivity index (χ3n) is 16.7. The molecule has 11 aromatic rings. The van der Waals surface area contributed by atoms with Crippen LogP contribution in [0, 0.1) is 0 Å². The lowest BCUT2D eigenvalue weighted by atomic mass is 9.93. The van der Waals surface area contributed by atoms with Crippen molar-refractivity contribution >= 4 is 90.4 Å². The Labute approximate surface area is 497 Å². The van der Waals surface area contributed by atoms with Crippen molar-refractivity contribution in [3.8, 4) is 44.5 Å². The zero-order valence-electron chi connectivity index (χ0n) is 47.4. The highest BCUT2D eigenvalue weighted by atomic mass is 35.5. The van der Waals surface area contributed by atoms with Gasteiger partial charge in [0, 0.05) is 133 Å². The summed E-state index contributed by atoms with van der Waals surface area (Å²) in [6, 6.07) is 50.0. The fourth-order valence-electron chi connectivity index (χ4n) is 12.0. The van der Waals surface area contributed by atoms with Gasteiger partial charge in [-0.15, -0.1) is 0 Å². The van der Waals surface area contributed by atoms with Crippen molar-refractivity contribution in [2.45, 2.75) is 39.8 Å². The van der Waals surface area contributed by atoms with Crippen molar-refractivity contribution in [3.63, 3.8) is 0 Å². The fourth-order valence-corrected chi connectivity index (χ4v) is 12.9. The SMILES string of the molecule is CCn1c(=O)c(-c2ccc(-c3ccsc3)cc2)cc2cnc(Nc3ccc(N4CCN(CCCc5cccc6c(-c7ccc(-c8cc9cnc(Nc%10ccc(N%11CCN(C)CC%11)cc%10)nc9n(CC)c8=O)c(Cl)c7)cccc56)CC4)cc3)nc21. The van der Waals surface area contributed by atoms with Crippen molar-refractivity contribution in [2.24, 2.45) is 0 Å². The predicted molar refractivity (Wildman–Crippen MR) is 347 cm³/mol. The monoisotopic (exact) mass is 1150 g/mol. The zero-order valence-corrected chi connectivity index (χ0v) is 49.0. The topological polar surface area (TPSA) is 133 Å². The highest BCUT2D eigenvalue weighted by Crippen LogP contribution is 2.37. The van der Waals surface area contributed by atoms with E-state index in [1.165, 1.54) is 33.3 Å². The van der Waals surface area contributed by atoms with Crippen LogP contribution in [0.3, 0.4) is 0 Å². The molecule has 2 fully saturated rings. The molecular formula is C68H65ClN12O2S. The first kappa shape index (κ1) is 54.5. The van der Waals surface area contributed by atoms with Crippen LogP contribution in [0.1, 0.15) is 25.8 Å². The maximum atomic E-state index is 14.2. The number of aryl methyl sites for hydroxylation is 3. The number of hydrogen-bond acceptors (Lipinski definition) is 13. The minimum absolute atomic E-state index is 0.0719. The highest BCUT2D eigenvalue weighted by Gasteiger charge is 2.21. The van der Waals surface area contributed by atoms with Gasteiger partial charge < -0.3 is 25.3 Å². The Kier molecular flexibility index (Phi) is 15.5. The van der Waals surface area contributed by atoms with Gasteiger partial charge in [0.1, 0.15) is 11.3 Å². The van der Waals surface area contributed by atoms with Gasteiger partial charge in [-0.05, 0) is 168 Å². The third kappa shape index (κ3) is 11.1. The molecule has 2 aliphatic heterocycles. The number of rotatable bonds is 16. The second kappa shape index (κ2) is 23.9. The molecule has 7 heterocycles. The molecule has 14 nitrogen and oxygen atoms in total. The van der Waals surface area contributed by atoms with Gasteiger partial charge in [0.05, 0.1) is 0 Å². The standard InChI is InChI=1S/C68H65ClN12O2S/c1-4-80-63-50(39-60(65(80)82)47-16-14-45(15-17-47)49-28-38-84-44-49)42-70-67(74-63)72-53-21-25-55(26-22-53)79-36-32-77(33-37-79)29-8-10-46-9-6-13-58-56(46)11-7-12-57(58)48-18-27-59(62(69)41-48)61-40-51-43-71-68(75-64(51)81(5-2)66(61)83)73-52-19-23-54(24-20-52)78-34-30-76(3)31-35-78/h6-7,9,11-28,38-44H,4-5,8,10,29-37H2,1-3H3,(H,70,72,74)(H,71,73,75). The Balaban J connectivity index is 0.621. The molecule has 0 bridgehead atoms. The molecule has 84 heavy (non-hydrogen) atoms. The predicted octanol–water partition coefficient (Wildman–Crippen LogP) is 13.5. The van der Waals surface area contributed by atoms with Crippen LogP contribution in [0.15, 0.2) is 178 Å². The molecule has 2 N–H and O–H groups in total. The minimum Gasteiger partial charge on any atom is -0.369 e. The number of nitrogens with one attached hydrogen (secondary N) is 2. The van der Waals surface area contributed by atoms with Crippen LogP contribution in [-0.2, 0) is 19.5 Å². The third-order valence-corrected chi connectivity index (χ3v) is 17.7. The maximum Gasteiger partial charge on any atom is 0.260 e. The average molecular weight is 1150 g/mol. The molecule has 6 aromatic carbocycles. The molecule has 0 atom stereocenters. The van der Waals surface area contributed by atoms with Gasteiger partial charge in [-0.25, -0.2) is 9.97 Å². The molecule has 0 unspecified atom stereocenters. The lowest BCUT2D eigenvalue weighted by Gasteiger charge is -2.36. The van der Waals surface area contributed by atoms with E-state index >= 15 is 0 Å². The number of aromatic nitrogens is 6. The molecule has 0 spiro atoms. The largest absolute Gasteiger partial charge is 0.369 e. The van der Waals surface area contributed by atoms with Crippen LogP contribution >= 0.6 is 22.9 Å². The van der Waals surface area contributed by atoms with Crippen LogP contribution in [0.5, 0.6) is 0 Å². The number of benzene rings is 6. The average Bonchev–Trinajstić information content (AvgIpc) is 3.58. The normalized spacial score (nSPS) is 14.2. The number of halogens is 1. The second-order valence-corrected chi connectivity index (χ2v) is 23.0. The lowest BCUT2D eigenvalue weighted by molar-refractivity contribution is 0.255.